The highest BCUT2D eigenvalue weighted by molar-refractivity contribution is 6.31. The van der Waals surface area contributed by atoms with E-state index in [9.17, 15) is 14.9 Å². The normalized spacial score (nSPS) is 11.4. The molecule has 0 N–H and O–H groups in total. The lowest BCUT2D eigenvalue weighted by Crippen LogP contribution is -2.21. The monoisotopic (exact) mass is 654 g/mol. The Morgan fingerprint density at radius 2 is 1.68 bits per heavy atom. The molecule has 10 nitrogen and oxygen atoms in total. The summed E-state index contributed by atoms with van der Waals surface area (Å²) in [6, 6.07) is 21.0. The predicted molar refractivity (Wildman–Crippen MR) is 184 cm³/mol. The molecule has 4 aromatic carbocycles. The van der Waals surface area contributed by atoms with Crippen LogP contribution in [0, 0.1) is 17.0 Å². The van der Waals surface area contributed by atoms with E-state index in [-0.39, 0.29) is 41.9 Å². The fraction of sp³-hybridized carbons (Fsp3) is 0.250. The first-order valence-corrected chi connectivity index (χ1v) is 15.7. The van der Waals surface area contributed by atoms with Gasteiger partial charge in [0.2, 0.25) is 5.75 Å². The van der Waals surface area contributed by atoms with Crippen LogP contribution in [0.1, 0.15) is 55.9 Å². The SMILES string of the molecule is CCOc1cc(C)c(-c2nc3ccccc3c(=O)n2N=Cc2cc(OCC)c(OCc3ccccc3Cl)c([N+](=O)[O-])c2)cc1C(C)C. The van der Waals surface area contributed by atoms with Gasteiger partial charge < -0.3 is 14.2 Å². The standard InChI is InChI=1S/C36H35ClN4O6/c1-6-45-32-16-23(5)28(19-27(32)22(3)4)35-39-30-15-11-9-13-26(30)36(42)40(35)38-20-24-17-31(41(43)44)34(33(18-24)46-7-2)47-21-25-12-8-10-14-29(25)37/h8-20,22H,6-7,21H2,1-5H3. The number of hydrogen-bond acceptors (Lipinski definition) is 8. The number of nitro benzene ring substituents is 1. The number of fused-ring (bicyclic) bond motifs is 1. The van der Waals surface area contributed by atoms with Gasteiger partial charge in [0.05, 0.1) is 35.3 Å². The maximum atomic E-state index is 13.9. The van der Waals surface area contributed by atoms with Crippen LogP contribution < -0.4 is 19.8 Å². The fourth-order valence-corrected chi connectivity index (χ4v) is 5.38. The Hall–Kier alpha value is -5.22. The van der Waals surface area contributed by atoms with E-state index in [0.717, 1.165) is 16.9 Å². The smallest absolute Gasteiger partial charge is 0.315 e. The first-order chi connectivity index (χ1) is 22.6. The second-order valence-corrected chi connectivity index (χ2v) is 11.5. The van der Waals surface area contributed by atoms with Crippen LogP contribution in [-0.2, 0) is 6.61 Å². The van der Waals surface area contributed by atoms with Crippen molar-refractivity contribution in [3.05, 3.63) is 121 Å². The molecule has 0 unspecified atom stereocenters. The highest BCUT2D eigenvalue weighted by atomic mass is 35.5. The molecular weight excluding hydrogens is 620 g/mol. The quantitative estimate of drug-likeness (QED) is 0.0754. The van der Waals surface area contributed by atoms with Gasteiger partial charge in [0, 0.05) is 27.8 Å². The average Bonchev–Trinajstić information content (AvgIpc) is 3.04. The minimum atomic E-state index is -0.548. The summed E-state index contributed by atoms with van der Waals surface area (Å²) in [7, 11) is 0. The highest BCUT2D eigenvalue weighted by Gasteiger charge is 2.24. The largest absolute Gasteiger partial charge is 0.494 e. The third kappa shape index (κ3) is 7.12. The molecule has 0 fully saturated rings. The van der Waals surface area contributed by atoms with E-state index in [4.69, 9.17) is 30.8 Å². The van der Waals surface area contributed by atoms with Gasteiger partial charge in [-0.25, -0.2) is 4.98 Å². The molecule has 0 saturated carbocycles. The molecule has 1 aromatic heterocycles. The van der Waals surface area contributed by atoms with Gasteiger partial charge >= 0.3 is 5.69 Å². The molecule has 11 heteroatoms. The van der Waals surface area contributed by atoms with E-state index < -0.39 is 4.92 Å². The Kier molecular flexibility index (Phi) is 10.2. The van der Waals surface area contributed by atoms with Gasteiger partial charge in [-0.05, 0) is 74.2 Å². The lowest BCUT2D eigenvalue weighted by molar-refractivity contribution is -0.386. The first-order valence-electron chi connectivity index (χ1n) is 15.3. The van der Waals surface area contributed by atoms with Gasteiger partial charge in [0.15, 0.2) is 11.6 Å². The first kappa shape index (κ1) is 33.2. The molecule has 0 bridgehead atoms. The number of aromatic nitrogens is 2. The summed E-state index contributed by atoms with van der Waals surface area (Å²) in [6.07, 6.45) is 1.38. The van der Waals surface area contributed by atoms with E-state index in [1.807, 2.05) is 32.0 Å². The van der Waals surface area contributed by atoms with E-state index in [0.29, 0.717) is 45.0 Å². The second-order valence-electron chi connectivity index (χ2n) is 11.0. The number of nitrogens with zero attached hydrogens (tertiary/aromatic N) is 4. The number of aryl methyl sites for hydroxylation is 1. The summed E-state index contributed by atoms with van der Waals surface area (Å²) in [4.78, 5) is 30.5. The number of rotatable bonds is 12. The number of halogens is 1. The van der Waals surface area contributed by atoms with E-state index in [1.54, 1.807) is 55.5 Å². The van der Waals surface area contributed by atoms with Crippen LogP contribution in [0.4, 0.5) is 5.69 Å². The van der Waals surface area contributed by atoms with Gasteiger partial charge in [-0.1, -0.05) is 55.8 Å². The number of benzene rings is 4. The molecule has 0 spiro atoms. The minimum Gasteiger partial charge on any atom is -0.494 e. The molecule has 0 radical (unpaired) electrons. The molecule has 5 aromatic rings. The summed E-state index contributed by atoms with van der Waals surface area (Å²) < 4.78 is 18.8. The fourth-order valence-electron chi connectivity index (χ4n) is 5.19. The molecule has 5 rings (SSSR count). The Bertz CT molecular complexity index is 2040. The van der Waals surface area contributed by atoms with Crippen LogP contribution in [0.5, 0.6) is 17.2 Å². The Morgan fingerprint density at radius 3 is 2.38 bits per heavy atom. The molecule has 0 amide bonds. The van der Waals surface area contributed by atoms with Crippen molar-refractivity contribution >= 4 is 34.4 Å². The maximum Gasteiger partial charge on any atom is 0.315 e. The molecule has 0 saturated heterocycles. The van der Waals surface area contributed by atoms with Gasteiger partial charge in [0.1, 0.15) is 12.4 Å². The topological polar surface area (TPSA) is 118 Å². The van der Waals surface area contributed by atoms with Crippen molar-refractivity contribution in [1.82, 2.24) is 9.66 Å². The molecule has 47 heavy (non-hydrogen) atoms. The van der Waals surface area contributed by atoms with Crippen molar-refractivity contribution in [3.63, 3.8) is 0 Å². The van der Waals surface area contributed by atoms with E-state index >= 15 is 0 Å². The number of para-hydroxylation sites is 1. The van der Waals surface area contributed by atoms with Gasteiger partial charge in [-0.3, -0.25) is 14.9 Å². The average molecular weight is 655 g/mol. The van der Waals surface area contributed by atoms with Crippen molar-refractivity contribution in [3.8, 4) is 28.6 Å². The molecule has 0 aliphatic rings. The van der Waals surface area contributed by atoms with Crippen LogP contribution in [0.3, 0.4) is 0 Å². The molecule has 0 aliphatic carbocycles. The third-order valence-corrected chi connectivity index (χ3v) is 7.85. The maximum absolute atomic E-state index is 13.9. The number of nitro groups is 1. The minimum absolute atomic E-state index is 0.00462. The van der Waals surface area contributed by atoms with Crippen LogP contribution in [0.2, 0.25) is 5.02 Å². The van der Waals surface area contributed by atoms with Gasteiger partial charge in [-0.2, -0.15) is 9.78 Å². The molecule has 1 heterocycles. The Morgan fingerprint density at radius 1 is 0.979 bits per heavy atom. The van der Waals surface area contributed by atoms with Crippen molar-refractivity contribution in [2.75, 3.05) is 13.2 Å². The van der Waals surface area contributed by atoms with E-state index in [2.05, 4.69) is 18.9 Å². The summed E-state index contributed by atoms with van der Waals surface area (Å²) in [5.41, 5.74) is 3.32. The predicted octanol–water partition coefficient (Wildman–Crippen LogP) is 8.32. The number of ether oxygens (including phenoxy) is 3. The summed E-state index contributed by atoms with van der Waals surface area (Å²) in [5.74, 6) is 1.35. The molecule has 242 valence electrons. The van der Waals surface area contributed by atoms with Crippen molar-refractivity contribution in [1.29, 1.82) is 0 Å². The molecular formula is C36H35ClN4O6. The van der Waals surface area contributed by atoms with E-state index in [1.165, 1.54) is 17.0 Å². The van der Waals surface area contributed by atoms with Crippen molar-refractivity contribution in [2.24, 2.45) is 5.10 Å². The van der Waals surface area contributed by atoms with Gasteiger partial charge in [-0.15, -0.1) is 0 Å². The third-order valence-electron chi connectivity index (χ3n) is 7.48. The zero-order chi connectivity index (χ0) is 33.7. The van der Waals surface area contributed by atoms with Crippen LogP contribution in [0.25, 0.3) is 22.3 Å². The summed E-state index contributed by atoms with van der Waals surface area (Å²) in [6.45, 7) is 10.5. The molecule has 0 aliphatic heterocycles. The Labute approximate surface area is 277 Å². The van der Waals surface area contributed by atoms with Crippen molar-refractivity contribution < 1.29 is 19.1 Å². The van der Waals surface area contributed by atoms with Crippen LogP contribution in [-0.4, -0.2) is 34.0 Å². The summed E-state index contributed by atoms with van der Waals surface area (Å²) in [5, 5.41) is 17.7. The zero-order valence-electron chi connectivity index (χ0n) is 26.8. The summed E-state index contributed by atoms with van der Waals surface area (Å²) >= 11 is 6.28. The highest BCUT2D eigenvalue weighted by Crippen LogP contribution is 2.39. The number of hydrogen-bond donors (Lipinski definition) is 0. The second kappa shape index (κ2) is 14.5. The molecule has 0 atom stereocenters. The zero-order valence-corrected chi connectivity index (χ0v) is 27.6. The van der Waals surface area contributed by atoms with Crippen molar-refractivity contribution in [2.45, 2.75) is 47.1 Å². The Balaban J connectivity index is 1.65. The van der Waals surface area contributed by atoms with Crippen LogP contribution >= 0.6 is 11.6 Å². The lowest BCUT2D eigenvalue weighted by atomic mass is 9.96. The van der Waals surface area contributed by atoms with Crippen LogP contribution in [0.15, 0.2) is 82.7 Å². The lowest BCUT2D eigenvalue weighted by Gasteiger charge is -2.18. The van der Waals surface area contributed by atoms with Gasteiger partial charge in [0.25, 0.3) is 5.56 Å².